The Bertz CT molecular complexity index is 794. The van der Waals surface area contributed by atoms with Crippen LogP contribution in [0.5, 0.6) is 0 Å². The van der Waals surface area contributed by atoms with Crippen LogP contribution >= 0.6 is 0 Å². The molecule has 0 saturated heterocycles. The van der Waals surface area contributed by atoms with Gasteiger partial charge in [-0.3, -0.25) is 0 Å². The summed E-state index contributed by atoms with van der Waals surface area (Å²) in [6, 6.07) is 11.4. The molecule has 1 aromatic carbocycles. The predicted molar refractivity (Wildman–Crippen MR) is 102 cm³/mol. The first-order valence-corrected chi connectivity index (χ1v) is 9.20. The Kier molecular flexibility index (Phi) is 3.71. The van der Waals surface area contributed by atoms with Gasteiger partial charge in [-0.25, -0.2) is 0 Å². The Hall–Kier alpha value is -1.63. The monoisotopic (exact) mass is 322 g/mol. The van der Waals surface area contributed by atoms with E-state index in [1.54, 1.807) is 0 Å². The second-order valence-electron chi connectivity index (χ2n) is 8.96. The van der Waals surface area contributed by atoms with Crippen molar-refractivity contribution in [3.8, 4) is 11.3 Å². The van der Waals surface area contributed by atoms with Gasteiger partial charge in [0.2, 0.25) is 5.69 Å². The minimum atomic E-state index is 0.153. The number of aryl methyl sites for hydroxylation is 2. The molecule has 128 valence electrons. The number of nitrogens with zero attached hydrogens (tertiary/aromatic N) is 1. The first kappa shape index (κ1) is 17.2. The Morgan fingerprint density at radius 1 is 0.875 bits per heavy atom. The number of hydrogen-bond acceptors (Lipinski definition) is 0. The molecule has 1 aliphatic carbocycles. The van der Waals surface area contributed by atoms with Crippen LogP contribution in [-0.2, 0) is 17.4 Å². The van der Waals surface area contributed by atoms with Crippen molar-refractivity contribution < 1.29 is 4.57 Å². The molecular weight excluding hydrogens is 290 g/mol. The normalized spacial score (nSPS) is 20.0. The fourth-order valence-corrected chi connectivity index (χ4v) is 4.47. The maximum Gasteiger partial charge on any atom is 0.212 e. The highest BCUT2D eigenvalue weighted by Gasteiger charge is 2.56. The van der Waals surface area contributed by atoms with Gasteiger partial charge in [0, 0.05) is 17.7 Å². The molecule has 1 heterocycles. The minimum Gasteiger partial charge on any atom is -0.199 e. The third-order valence-corrected chi connectivity index (χ3v) is 7.39. The molecule has 0 aliphatic heterocycles. The maximum atomic E-state index is 2.47. The summed E-state index contributed by atoms with van der Waals surface area (Å²) in [5, 5.41) is 0. The molecular formula is C23H32N+. The van der Waals surface area contributed by atoms with Gasteiger partial charge >= 0.3 is 0 Å². The molecule has 3 rings (SSSR count). The van der Waals surface area contributed by atoms with Gasteiger partial charge in [-0.1, -0.05) is 47.6 Å². The van der Waals surface area contributed by atoms with E-state index in [1.165, 1.54) is 27.9 Å². The highest BCUT2D eigenvalue weighted by atomic mass is 14.9. The molecule has 0 unspecified atom stereocenters. The molecule has 1 nitrogen and oxygen atoms in total. The van der Waals surface area contributed by atoms with Crippen molar-refractivity contribution in [1.29, 1.82) is 0 Å². The van der Waals surface area contributed by atoms with Crippen molar-refractivity contribution in [3.63, 3.8) is 0 Å². The first-order chi connectivity index (χ1) is 11.1. The lowest BCUT2D eigenvalue weighted by Crippen LogP contribution is -2.42. The van der Waals surface area contributed by atoms with Gasteiger partial charge in [-0.15, -0.1) is 0 Å². The van der Waals surface area contributed by atoms with Crippen molar-refractivity contribution in [1.82, 2.24) is 0 Å². The molecule has 0 spiro atoms. The fourth-order valence-electron chi connectivity index (χ4n) is 4.47. The predicted octanol–water partition coefficient (Wildman–Crippen LogP) is 5.56. The third-order valence-electron chi connectivity index (χ3n) is 7.39. The summed E-state index contributed by atoms with van der Waals surface area (Å²) < 4.78 is 2.34. The molecule has 24 heavy (non-hydrogen) atoms. The van der Waals surface area contributed by atoms with E-state index in [0.717, 1.165) is 6.54 Å². The molecule has 2 aromatic rings. The van der Waals surface area contributed by atoms with Crippen LogP contribution in [0.4, 0.5) is 0 Å². The maximum absolute atomic E-state index is 2.47. The number of aromatic nitrogens is 1. The van der Waals surface area contributed by atoms with Gasteiger partial charge in [0.15, 0.2) is 6.20 Å². The van der Waals surface area contributed by atoms with Crippen LogP contribution in [0.3, 0.4) is 0 Å². The van der Waals surface area contributed by atoms with Crippen LogP contribution in [0.1, 0.15) is 65.2 Å². The zero-order valence-electron chi connectivity index (χ0n) is 16.6. The lowest BCUT2D eigenvalue weighted by molar-refractivity contribution is -0.682. The summed E-state index contributed by atoms with van der Waals surface area (Å²) in [5.41, 5.74) is 7.65. The van der Waals surface area contributed by atoms with Gasteiger partial charge in [0.25, 0.3) is 0 Å². The first-order valence-electron chi connectivity index (χ1n) is 9.20. The number of fused-ring (bicyclic) bond motifs is 1. The van der Waals surface area contributed by atoms with Crippen LogP contribution in [0.2, 0.25) is 0 Å². The van der Waals surface area contributed by atoms with Gasteiger partial charge in [0.1, 0.15) is 6.54 Å². The average molecular weight is 323 g/mol. The summed E-state index contributed by atoms with van der Waals surface area (Å²) in [6.07, 6.45) is 2.18. The van der Waals surface area contributed by atoms with E-state index in [2.05, 4.69) is 96.5 Å². The molecule has 0 N–H and O–H groups in total. The van der Waals surface area contributed by atoms with Gasteiger partial charge in [-0.05, 0) is 58.9 Å². The van der Waals surface area contributed by atoms with Gasteiger partial charge < -0.3 is 0 Å². The topological polar surface area (TPSA) is 3.88 Å². The Balaban J connectivity index is 2.31. The smallest absolute Gasteiger partial charge is 0.199 e. The van der Waals surface area contributed by atoms with Crippen molar-refractivity contribution in [3.05, 3.63) is 53.2 Å². The Morgan fingerprint density at radius 3 is 2.04 bits per heavy atom. The van der Waals surface area contributed by atoms with E-state index < -0.39 is 0 Å². The Labute approximate surface area is 147 Å². The Morgan fingerprint density at radius 2 is 1.46 bits per heavy atom. The van der Waals surface area contributed by atoms with Crippen LogP contribution in [0.25, 0.3) is 11.3 Å². The molecule has 0 radical (unpaired) electrons. The van der Waals surface area contributed by atoms with Crippen LogP contribution < -0.4 is 4.57 Å². The standard InChI is InChI=1S/C23H32N/c1-9-24-13-11-10-12-20(24)17-15-19-18(14-16(17)2)21(3,4)23(7,8)22(19,5)6/h10-15H,9H2,1-8H3/q+1. The highest BCUT2D eigenvalue weighted by molar-refractivity contribution is 5.66. The van der Waals surface area contributed by atoms with E-state index in [1.807, 2.05) is 0 Å². The van der Waals surface area contributed by atoms with Crippen LogP contribution in [-0.4, -0.2) is 0 Å². The number of pyridine rings is 1. The molecule has 1 aliphatic rings. The zero-order chi connectivity index (χ0) is 17.9. The number of hydrogen-bond donors (Lipinski definition) is 0. The van der Waals surface area contributed by atoms with Crippen molar-refractivity contribution >= 4 is 0 Å². The van der Waals surface area contributed by atoms with Gasteiger partial charge in [0.05, 0.1) is 0 Å². The second kappa shape index (κ2) is 5.18. The summed E-state index contributed by atoms with van der Waals surface area (Å²) in [6.45, 7) is 20.0. The number of rotatable bonds is 2. The highest BCUT2D eigenvalue weighted by Crippen LogP contribution is 2.62. The molecule has 0 saturated carbocycles. The van der Waals surface area contributed by atoms with E-state index >= 15 is 0 Å². The van der Waals surface area contributed by atoms with E-state index in [9.17, 15) is 0 Å². The molecule has 1 heteroatoms. The quantitative estimate of drug-likeness (QED) is 0.637. The largest absolute Gasteiger partial charge is 0.212 e. The van der Waals surface area contributed by atoms with E-state index in [-0.39, 0.29) is 16.2 Å². The summed E-state index contributed by atoms with van der Waals surface area (Å²) >= 11 is 0. The van der Waals surface area contributed by atoms with Crippen LogP contribution in [0, 0.1) is 12.3 Å². The third kappa shape index (κ3) is 2.03. The second-order valence-corrected chi connectivity index (χ2v) is 8.96. The zero-order valence-corrected chi connectivity index (χ0v) is 16.6. The molecule has 1 aromatic heterocycles. The van der Waals surface area contributed by atoms with Crippen molar-refractivity contribution in [2.75, 3.05) is 0 Å². The van der Waals surface area contributed by atoms with Gasteiger partial charge in [-0.2, -0.15) is 4.57 Å². The summed E-state index contributed by atoms with van der Waals surface area (Å²) in [7, 11) is 0. The lowest BCUT2D eigenvalue weighted by Gasteiger charge is -2.44. The molecule has 0 bridgehead atoms. The van der Waals surface area contributed by atoms with E-state index in [0.29, 0.717) is 0 Å². The lowest BCUT2D eigenvalue weighted by atomic mass is 9.59. The van der Waals surface area contributed by atoms with E-state index in [4.69, 9.17) is 0 Å². The van der Waals surface area contributed by atoms with Crippen molar-refractivity contribution in [2.24, 2.45) is 5.41 Å². The minimum absolute atomic E-state index is 0.153. The van der Waals surface area contributed by atoms with Crippen LogP contribution in [0.15, 0.2) is 36.5 Å². The fraction of sp³-hybridized carbons (Fsp3) is 0.522. The number of benzene rings is 1. The average Bonchev–Trinajstić information content (AvgIpc) is 2.62. The summed E-state index contributed by atoms with van der Waals surface area (Å²) in [4.78, 5) is 0. The molecule has 0 amide bonds. The molecule has 0 fully saturated rings. The summed E-state index contributed by atoms with van der Waals surface area (Å²) in [5.74, 6) is 0. The molecule has 0 atom stereocenters. The SMILES string of the molecule is CC[n+]1ccccc1-c1cc2c(cc1C)C(C)(C)C(C)(C)C2(C)C. The van der Waals surface area contributed by atoms with Crippen molar-refractivity contribution in [2.45, 2.75) is 72.8 Å².